The molecule has 1 aromatic rings. The maximum atomic E-state index is 5.89. The molecule has 1 aliphatic heterocycles. The van der Waals surface area contributed by atoms with E-state index >= 15 is 0 Å². The maximum Gasteiger partial charge on any atom is 0.0941 e. The van der Waals surface area contributed by atoms with E-state index in [2.05, 4.69) is 24.1 Å². The van der Waals surface area contributed by atoms with Gasteiger partial charge in [-0.05, 0) is 25.3 Å². The van der Waals surface area contributed by atoms with Crippen molar-refractivity contribution in [3.63, 3.8) is 0 Å². The smallest absolute Gasteiger partial charge is 0.0941 e. The van der Waals surface area contributed by atoms with Crippen molar-refractivity contribution in [2.75, 3.05) is 13.2 Å². The van der Waals surface area contributed by atoms with Crippen molar-refractivity contribution in [1.29, 1.82) is 0 Å². The van der Waals surface area contributed by atoms with Crippen LogP contribution in [0, 0.1) is 5.92 Å². The zero-order valence-corrected chi connectivity index (χ0v) is 11.5. The summed E-state index contributed by atoms with van der Waals surface area (Å²) in [6, 6.07) is 0.415. The molecule has 0 spiro atoms. The Morgan fingerprint density at radius 3 is 3.12 bits per heavy atom. The van der Waals surface area contributed by atoms with Gasteiger partial charge in [-0.15, -0.1) is 11.3 Å². The number of hydrogen-bond donors (Lipinski definition) is 1. The molecule has 1 N–H and O–H groups in total. The van der Waals surface area contributed by atoms with E-state index in [4.69, 9.17) is 4.74 Å². The Balaban J connectivity index is 1.97. The molecule has 0 radical (unpaired) electrons. The van der Waals surface area contributed by atoms with E-state index < -0.39 is 0 Å². The first-order chi connectivity index (χ1) is 8.31. The fourth-order valence-electron chi connectivity index (χ4n) is 2.41. The van der Waals surface area contributed by atoms with Crippen LogP contribution in [0.3, 0.4) is 0 Å². The van der Waals surface area contributed by atoms with Gasteiger partial charge in [0.05, 0.1) is 11.1 Å². The molecule has 1 saturated heterocycles. The Kier molecular flexibility index (Phi) is 4.95. The van der Waals surface area contributed by atoms with Crippen LogP contribution in [0.1, 0.15) is 31.7 Å². The number of nitrogens with zero attached hydrogens (tertiary/aromatic N) is 1. The van der Waals surface area contributed by atoms with Gasteiger partial charge in [0.15, 0.2) is 0 Å². The molecular weight excluding hydrogens is 232 g/mol. The topological polar surface area (TPSA) is 34.2 Å². The lowest BCUT2D eigenvalue weighted by Crippen LogP contribution is -2.44. The Morgan fingerprint density at radius 2 is 2.53 bits per heavy atom. The zero-order chi connectivity index (χ0) is 12.1. The molecule has 1 aliphatic rings. The molecule has 0 saturated carbocycles. The molecule has 3 unspecified atom stereocenters. The molecule has 0 bridgehead atoms. The van der Waals surface area contributed by atoms with Crippen molar-refractivity contribution >= 4 is 11.3 Å². The summed E-state index contributed by atoms with van der Waals surface area (Å²) in [6.07, 6.45) is 5.58. The molecule has 17 heavy (non-hydrogen) atoms. The number of thiazole rings is 1. The second-order valence-corrected chi connectivity index (χ2v) is 5.77. The van der Waals surface area contributed by atoms with E-state index in [0.717, 1.165) is 26.0 Å². The zero-order valence-electron chi connectivity index (χ0n) is 10.7. The van der Waals surface area contributed by atoms with Gasteiger partial charge < -0.3 is 10.1 Å². The Labute approximate surface area is 108 Å². The minimum absolute atomic E-state index is 0.352. The van der Waals surface area contributed by atoms with Gasteiger partial charge in [0, 0.05) is 30.6 Å². The number of hydrogen-bond acceptors (Lipinski definition) is 4. The Morgan fingerprint density at radius 1 is 1.65 bits per heavy atom. The number of ether oxygens (including phenoxy) is 1. The first-order valence-corrected chi connectivity index (χ1v) is 7.42. The summed E-state index contributed by atoms with van der Waals surface area (Å²) in [4.78, 5) is 4.38. The van der Waals surface area contributed by atoms with Crippen molar-refractivity contribution in [3.8, 4) is 0 Å². The molecular formula is C13H22N2OS. The van der Waals surface area contributed by atoms with Crippen LogP contribution >= 0.6 is 11.3 Å². The van der Waals surface area contributed by atoms with Crippen molar-refractivity contribution < 1.29 is 4.74 Å². The molecule has 0 aliphatic carbocycles. The van der Waals surface area contributed by atoms with Crippen molar-refractivity contribution in [3.05, 3.63) is 16.6 Å². The van der Waals surface area contributed by atoms with Crippen molar-refractivity contribution in [2.45, 2.75) is 45.3 Å². The van der Waals surface area contributed by atoms with Crippen LogP contribution in [-0.4, -0.2) is 30.3 Å². The second-order valence-electron chi connectivity index (χ2n) is 4.79. The molecule has 0 aromatic carbocycles. The maximum absolute atomic E-state index is 5.89. The highest BCUT2D eigenvalue weighted by Crippen LogP contribution is 2.25. The summed E-state index contributed by atoms with van der Waals surface area (Å²) < 4.78 is 5.89. The third-order valence-corrected chi connectivity index (χ3v) is 4.18. The molecule has 96 valence electrons. The molecule has 1 aromatic heterocycles. The van der Waals surface area contributed by atoms with Gasteiger partial charge in [-0.25, -0.2) is 4.98 Å². The van der Waals surface area contributed by atoms with E-state index in [9.17, 15) is 0 Å². The van der Waals surface area contributed by atoms with Crippen LogP contribution in [-0.2, 0) is 11.2 Å². The third kappa shape index (κ3) is 3.50. The van der Waals surface area contributed by atoms with Crippen LogP contribution in [0.15, 0.2) is 11.6 Å². The molecule has 2 rings (SSSR count). The summed E-state index contributed by atoms with van der Waals surface area (Å²) in [6.45, 7) is 6.46. The average Bonchev–Trinajstić information content (AvgIpc) is 2.95. The first kappa shape index (κ1) is 13.0. The lowest BCUT2D eigenvalue weighted by Gasteiger charge is -2.26. The summed E-state index contributed by atoms with van der Waals surface area (Å²) >= 11 is 1.74. The normalized spacial score (nSPS) is 26.2. The molecule has 2 heterocycles. The standard InChI is InChI=1S/C13H22N2OS/c1-3-5-14-11(9-12-15-6-8-17-12)13-10(2)4-7-16-13/h6,8,10-11,13-14H,3-5,7,9H2,1-2H3. The van der Waals surface area contributed by atoms with Crippen LogP contribution in [0.5, 0.6) is 0 Å². The van der Waals surface area contributed by atoms with Crippen LogP contribution < -0.4 is 5.32 Å². The second kappa shape index (κ2) is 6.47. The van der Waals surface area contributed by atoms with Gasteiger partial charge >= 0.3 is 0 Å². The number of nitrogens with one attached hydrogen (secondary N) is 1. The predicted octanol–water partition coefficient (Wildman–Crippen LogP) is 2.48. The lowest BCUT2D eigenvalue weighted by molar-refractivity contribution is 0.0610. The van der Waals surface area contributed by atoms with Gasteiger partial charge in [-0.3, -0.25) is 0 Å². The van der Waals surface area contributed by atoms with Crippen molar-refractivity contribution in [2.24, 2.45) is 5.92 Å². The SMILES string of the molecule is CCCNC(Cc1nccs1)C1OCCC1C. The number of rotatable bonds is 6. The summed E-state index contributed by atoms with van der Waals surface area (Å²) in [5, 5.41) is 6.88. The number of aromatic nitrogens is 1. The van der Waals surface area contributed by atoms with E-state index in [0.29, 0.717) is 18.1 Å². The summed E-state index contributed by atoms with van der Waals surface area (Å²) in [5.41, 5.74) is 0. The monoisotopic (exact) mass is 254 g/mol. The van der Waals surface area contributed by atoms with Crippen LogP contribution in [0.25, 0.3) is 0 Å². The van der Waals surface area contributed by atoms with Gasteiger partial charge in [-0.2, -0.15) is 0 Å². The molecule has 3 atom stereocenters. The highest BCUT2D eigenvalue weighted by molar-refractivity contribution is 7.09. The molecule has 1 fully saturated rings. The quantitative estimate of drug-likeness (QED) is 0.847. The summed E-state index contributed by atoms with van der Waals surface area (Å²) in [5.74, 6) is 0.657. The van der Waals surface area contributed by atoms with Crippen LogP contribution in [0.4, 0.5) is 0 Å². The molecule has 4 heteroatoms. The Hall–Kier alpha value is -0.450. The van der Waals surface area contributed by atoms with E-state index in [1.54, 1.807) is 11.3 Å². The van der Waals surface area contributed by atoms with E-state index in [-0.39, 0.29) is 0 Å². The van der Waals surface area contributed by atoms with E-state index in [1.165, 1.54) is 11.4 Å². The molecule has 0 amide bonds. The first-order valence-electron chi connectivity index (χ1n) is 6.54. The highest BCUT2D eigenvalue weighted by atomic mass is 32.1. The minimum Gasteiger partial charge on any atom is -0.376 e. The fraction of sp³-hybridized carbons (Fsp3) is 0.769. The van der Waals surface area contributed by atoms with Gasteiger partial charge in [0.25, 0.3) is 0 Å². The summed E-state index contributed by atoms with van der Waals surface area (Å²) in [7, 11) is 0. The van der Waals surface area contributed by atoms with Crippen LogP contribution in [0.2, 0.25) is 0 Å². The van der Waals surface area contributed by atoms with Gasteiger partial charge in [-0.1, -0.05) is 13.8 Å². The van der Waals surface area contributed by atoms with Gasteiger partial charge in [0.1, 0.15) is 0 Å². The van der Waals surface area contributed by atoms with Gasteiger partial charge in [0.2, 0.25) is 0 Å². The van der Waals surface area contributed by atoms with Crippen molar-refractivity contribution in [1.82, 2.24) is 10.3 Å². The highest BCUT2D eigenvalue weighted by Gasteiger charge is 2.32. The average molecular weight is 254 g/mol. The third-order valence-electron chi connectivity index (χ3n) is 3.38. The fourth-order valence-corrected chi connectivity index (χ4v) is 3.08. The van der Waals surface area contributed by atoms with E-state index in [1.807, 2.05) is 11.6 Å². The molecule has 3 nitrogen and oxygen atoms in total. The lowest BCUT2D eigenvalue weighted by atomic mass is 9.95. The Bertz CT molecular complexity index is 315. The minimum atomic E-state index is 0.352. The largest absolute Gasteiger partial charge is 0.376 e. The predicted molar refractivity (Wildman–Crippen MR) is 71.4 cm³/mol.